The van der Waals surface area contributed by atoms with Crippen molar-refractivity contribution in [2.24, 2.45) is 0 Å². The van der Waals surface area contributed by atoms with E-state index < -0.39 is 67.8 Å². The standard InChI is InChI=1S/C22H30N3O10P/c1-13(2)33-20(29)14(3)24-36(31,35-15-8-6-5-7-9-15)32-12-22(4)18(28)17(27)19(34-22)25-11-10-16(26)23-21(25)30/h5-11,13-14,17-19,27-28H,12H2,1-4H3,(H,24,31)(H,23,26,30)/t14-,17+,18-,19+,22+,36-/m0/s1. The molecule has 1 saturated heterocycles. The number of hydrogen-bond donors (Lipinski definition) is 4. The lowest BCUT2D eigenvalue weighted by Crippen LogP contribution is -2.45. The molecule has 0 unspecified atom stereocenters. The fourth-order valence-corrected chi connectivity index (χ4v) is 5.03. The highest BCUT2D eigenvalue weighted by molar-refractivity contribution is 7.52. The molecule has 1 aromatic heterocycles. The van der Waals surface area contributed by atoms with Crippen LogP contribution in [0.3, 0.4) is 0 Å². The number of carbonyl (C=O) groups is 1. The smallest absolute Gasteiger partial charge is 0.459 e. The summed E-state index contributed by atoms with van der Waals surface area (Å²) >= 11 is 0. The molecule has 13 nitrogen and oxygen atoms in total. The zero-order valence-corrected chi connectivity index (χ0v) is 21.1. The number of nitrogens with one attached hydrogen (secondary N) is 2. The third kappa shape index (κ3) is 6.49. The van der Waals surface area contributed by atoms with Crippen molar-refractivity contribution >= 4 is 13.7 Å². The predicted molar refractivity (Wildman–Crippen MR) is 126 cm³/mol. The van der Waals surface area contributed by atoms with Crippen molar-refractivity contribution in [3.05, 3.63) is 63.4 Å². The quantitative estimate of drug-likeness (QED) is 0.252. The summed E-state index contributed by atoms with van der Waals surface area (Å²) in [6, 6.07) is 8.02. The Labute approximate surface area is 206 Å². The zero-order valence-electron chi connectivity index (χ0n) is 20.2. The minimum Gasteiger partial charge on any atom is -0.462 e. The van der Waals surface area contributed by atoms with Gasteiger partial charge in [-0.3, -0.25) is 23.7 Å². The van der Waals surface area contributed by atoms with E-state index in [-0.39, 0.29) is 5.75 Å². The molecule has 1 fully saturated rings. The number of nitrogens with zero attached hydrogens (tertiary/aromatic N) is 1. The van der Waals surface area contributed by atoms with E-state index in [0.29, 0.717) is 0 Å². The van der Waals surface area contributed by atoms with Gasteiger partial charge in [0.2, 0.25) is 0 Å². The molecule has 6 atom stereocenters. The average molecular weight is 527 g/mol. The van der Waals surface area contributed by atoms with Gasteiger partial charge in [0.1, 0.15) is 29.6 Å². The number of esters is 1. The molecule has 0 aliphatic carbocycles. The minimum atomic E-state index is -4.28. The highest BCUT2D eigenvalue weighted by Crippen LogP contribution is 2.47. The first-order chi connectivity index (χ1) is 16.8. The number of H-pyrrole nitrogens is 1. The average Bonchev–Trinajstić information content (AvgIpc) is 3.02. The molecule has 1 aliphatic heterocycles. The van der Waals surface area contributed by atoms with Crippen molar-refractivity contribution in [2.45, 2.75) is 63.9 Å². The minimum absolute atomic E-state index is 0.175. The van der Waals surface area contributed by atoms with Crippen molar-refractivity contribution in [3.63, 3.8) is 0 Å². The van der Waals surface area contributed by atoms with Gasteiger partial charge in [-0.15, -0.1) is 0 Å². The number of hydrogen-bond acceptors (Lipinski definition) is 10. The van der Waals surface area contributed by atoms with Crippen LogP contribution < -0.4 is 20.9 Å². The lowest BCUT2D eigenvalue weighted by Gasteiger charge is -2.30. The van der Waals surface area contributed by atoms with E-state index in [1.54, 1.807) is 32.0 Å². The van der Waals surface area contributed by atoms with E-state index in [9.17, 15) is 29.2 Å². The number of ether oxygens (including phenoxy) is 2. The van der Waals surface area contributed by atoms with E-state index in [1.807, 2.05) is 4.98 Å². The SMILES string of the molecule is CC(C)OC(=O)[C@H](C)N[P@](=O)(OC[C@@]1(C)O[C@@H](n2ccc(=O)[nH]c2=O)[C@H](O)[C@@H]1O)Oc1ccccc1. The number of aliphatic hydroxyl groups excluding tert-OH is 2. The van der Waals surface area contributed by atoms with E-state index >= 15 is 0 Å². The Hall–Kier alpha value is -2.80. The Morgan fingerprint density at radius 2 is 1.89 bits per heavy atom. The maximum atomic E-state index is 13.7. The second kappa shape index (κ2) is 11.1. The zero-order chi connectivity index (χ0) is 26.7. The summed E-state index contributed by atoms with van der Waals surface area (Å²) in [5.41, 5.74) is -3.18. The molecule has 0 spiro atoms. The van der Waals surface area contributed by atoms with Gasteiger partial charge in [0.05, 0.1) is 12.7 Å². The lowest BCUT2D eigenvalue weighted by molar-refractivity contribution is -0.149. The van der Waals surface area contributed by atoms with Crippen LogP contribution in [0.2, 0.25) is 0 Å². The number of aliphatic hydroxyl groups is 2. The topological polar surface area (TPSA) is 178 Å². The Morgan fingerprint density at radius 3 is 2.50 bits per heavy atom. The van der Waals surface area contributed by atoms with E-state index in [4.69, 9.17) is 18.5 Å². The lowest BCUT2D eigenvalue weighted by atomic mass is 9.99. The second-order valence-electron chi connectivity index (χ2n) is 8.79. The van der Waals surface area contributed by atoms with Crippen molar-refractivity contribution < 1.29 is 38.1 Å². The molecule has 36 heavy (non-hydrogen) atoms. The molecule has 0 saturated carbocycles. The Kier molecular flexibility index (Phi) is 8.55. The van der Waals surface area contributed by atoms with Crippen molar-refractivity contribution in [3.8, 4) is 5.75 Å². The van der Waals surface area contributed by atoms with Crippen LogP contribution in [-0.4, -0.2) is 62.3 Å². The molecule has 3 rings (SSSR count). The van der Waals surface area contributed by atoms with Gasteiger partial charge in [0.25, 0.3) is 5.56 Å². The summed E-state index contributed by atoms with van der Waals surface area (Å²) in [6.45, 7) is 5.54. The van der Waals surface area contributed by atoms with Crippen LogP contribution in [-0.2, 0) is 23.4 Å². The van der Waals surface area contributed by atoms with Gasteiger partial charge in [0.15, 0.2) is 6.23 Å². The number of aromatic amines is 1. The number of aromatic nitrogens is 2. The summed E-state index contributed by atoms with van der Waals surface area (Å²) in [6.07, 6.45) is -3.85. The maximum absolute atomic E-state index is 13.7. The number of rotatable bonds is 10. The van der Waals surface area contributed by atoms with E-state index in [1.165, 1.54) is 26.0 Å². The van der Waals surface area contributed by atoms with Gasteiger partial charge in [-0.2, -0.15) is 5.09 Å². The summed E-state index contributed by atoms with van der Waals surface area (Å²) in [5, 5.41) is 23.7. The molecule has 2 aromatic rings. The molecule has 0 radical (unpaired) electrons. The summed E-state index contributed by atoms with van der Waals surface area (Å²) < 4.78 is 36.6. The highest BCUT2D eigenvalue weighted by atomic mass is 31.2. The maximum Gasteiger partial charge on any atom is 0.459 e. The number of para-hydroxylation sites is 1. The van der Waals surface area contributed by atoms with Crippen LogP contribution in [0.5, 0.6) is 5.75 Å². The van der Waals surface area contributed by atoms with Crippen molar-refractivity contribution in [1.29, 1.82) is 0 Å². The van der Waals surface area contributed by atoms with Gasteiger partial charge in [0, 0.05) is 12.3 Å². The number of benzene rings is 1. The van der Waals surface area contributed by atoms with Crippen molar-refractivity contribution in [2.75, 3.05) is 6.61 Å². The molecular formula is C22H30N3O10P. The van der Waals surface area contributed by atoms with Crippen LogP contribution in [0.25, 0.3) is 0 Å². The van der Waals surface area contributed by atoms with Gasteiger partial charge in [-0.25, -0.2) is 9.36 Å². The van der Waals surface area contributed by atoms with Gasteiger partial charge in [-0.05, 0) is 39.8 Å². The second-order valence-corrected chi connectivity index (χ2v) is 10.5. The molecule has 1 aromatic carbocycles. The first-order valence-corrected chi connectivity index (χ1v) is 12.7. The normalized spacial score (nSPS) is 26.4. The van der Waals surface area contributed by atoms with E-state index in [0.717, 1.165) is 16.8 Å². The Balaban J connectivity index is 1.81. The fourth-order valence-electron chi connectivity index (χ4n) is 3.45. The third-order valence-corrected chi connectivity index (χ3v) is 6.93. The molecule has 0 amide bonds. The van der Waals surface area contributed by atoms with Crippen LogP contribution in [0.1, 0.15) is 33.9 Å². The molecular weight excluding hydrogens is 497 g/mol. The number of carbonyl (C=O) groups excluding carboxylic acids is 1. The first-order valence-electron chi connectivity index (χ1n) is 11.2. The molecule has 1 aliphatic rings. The van der Waals surface area contributed by atoms with Gasteiger partial charge in [-0.1, -0.05) is 18.2 Å². The third-order valence-electron chi connectivity index (χ3n) is 5.30. The van der Waals surface area contributed by atoms with E-state index in [2.05, 4.69) is 5.09 Å². The van der Waals surface area contributed by atoms with Crippen LogP contribution >= 0.6 is 7.75 Å². The van der Waals surface area contributed by atoms with Gasteiger partial charge >= 0.3 is 19.4 Å². The Morgan fingerprint density at radius 1 is 1.22 bits per heavy atom. The first kappa shape index (κ1) is 27.8. The molecule has 2 heterocycles. The molecule has 198 valence electrons. The van der Waals surface area contributed by atoms with Crippen LogP contribution in [0.15, 0.2) is 52.2 Å². The largest absolute Gasteiger partial charge is 0.462 e. The summed E-state index contributed by atoms with van der Waals surface area (Å²) in [4.78, 5) is 37.8. The molecule has 0 bridgehead atoms. The van der Waals surface area contributed by atoms with Crippen LogP contribution in [0.4, 0.5) is 0 Å². The summed E-state index contributed by atoms with van der Waals surface area (Å²) in [5.74, 6) is -0.518. The summed E-state index contributed by atoms with van der Waals surface area (Å²) in [7, 11) is -4.28. The van der Waals surface area contributed by atoms with Crippen LogP contribution in [0, 0.1) is 0 Å². The van der Waals surface area contributed by atoms with Crippen molar-refractivity contribution in [1.82, 2.24) is 14.6 Å². The predicted octanol–water partition coefficient (Wildman–Crippen LogP) is 0.679. The fraction of sp³-hybridized carbons (Fsp3) is 0.500. The molecule has 4 N–H and O–H groups in total. The molecule has 14 heteroatoms. The highest BCUT2D eigenvalue weighted by Gasteiger charge is 2.53. The Bertz CT molecular complexity index is 1220. The van der Waals surface area contributed by atoms with Gasteiger partial charge < -0.3 is 24.2 Å². The monoisotopic (exact) mass is 527 g/mol.